The Kier molecular flexibility index (Phi) is 6.54. The largest absolute Gasteiger partial charge is 0.493 e. The smallest absolute Gasteiger partial charge is 0.161 e. The van der Waals surface area contributed by atoms with Crippen LogP contribution in [0.25, 0.3) is 0 Å². The van der Waals surface area contributed by atoms with E-state index in [0.717, 1.165) is 24.5 Å². The zero-order chi connectivity index (χ0) is 13.4. The first-order valence-corrected chi connectivity index (χ1v) is 6.49. The van der Waals surface area contributed by atoms with Crippen molar-refractivity contribution in [3.8, 4) is 11.5 Å². The molecular weight excluding hydrogens is 230 g/mol. The average Bonchev–Trinajstić information content (AvgIpc) is 2.41. The molecule has 0 heterocycles. The van der Waals surface area contributed by atoms with Crippen molar-refractivity contribution in [1.29, 1.82) is 0 Å². The fraction of sp³-hybridized carbons (Fsp3) is 0.571. The van der Waals surface area contributed by atoms with Crippen molar-refractivity contribution in [3.63, 3.8) is 0 Å². The number of methoxy groups -OCH3 is 1. The van der Waals surface area contributed by atoms with Gasteiger partial charge in [0.1, 0.15) is 12.6 Å². The Morgan fingerprint density at radius 3 is 2.61 bits per heavy atom. The van der Waals surface area contributed by atoms with E-state index in [-0.39, 0.29) is 12.6 Å². The third-order valence-electron chi connectivity index (χ3n) is 2.97. The number of hydrogen-bond acceptors (Lipinski definition) is 3. The Balaban J connectivity index is 2.67. The van der Waals surface area contributed by atoms with Crippen molar-refractivity contribution in [2.75, 3.05) is 20.3 Å². The van der Waals surface area contributed by atoms with Gasteiger partial charge in [-0.2, -0.15) is 0 Å². The number of nitrogens with two attached hydrogens (primary N) is 1. The summed E-state index contributed by atoms with van der Waals surface area (Å²) in [5.74, 6) is 1.54. The summed E-state index contributed by atoms with van der Waals surface area (Å²) in [5.41, 5.74) is 1.17. The van der Waals surface area contributed by atoms with Crippen LogP contribution in [0.2, 0.25) is 0 Å². The molecule has 0 aromatic heterocycles. The highest BCUT2D eigenvalue weighted by molar-refractivity contribution is 5.42. The fourth-order valence-electron chi connectivity index (χ4n) is 1.79. The van der Waals surface area contributed by atoms with Crippen LogP contribution in [0.4, 0.5) is 0 Å². The van der Waals surface area contributed by atoms with Crippen molar-refractivity contribution in [2.24, 2.45) is 0 Å². The molecular formula is C14H24NO3+. The number of quaternary nitrogens is 1. The summed E-state index contributed by atoms with van der Waals surface area (Å²) >= 11 is 0. The van der Waals surface area contributed by atoms with Gasteiger partial charge in [-0.3, -0.25) is 0 Å². The molecule has 0 unspecified atom stereocenters. The summed E-state index contributed by atoms with van der Waals surface area (Å²) in [7, 11) is 1.65. The highest BCUT2D eigenvalue weighted by Gasteiger charge is 2.10. The number of hydrogen-bond donors (Lipinski definition) is 2. The molecule has 1 aromatic rings. The predicted octanol–water partition coefficient (Wildman–Crippen LogP) is 0.928. The zero-order valence-corrected chi connectivity index (χ0v) is 11.5. The Labute approximate surface area is 109 Å². The molecule has 0 saturated carbocycles. The molecule has 0 fully saturated rings. The molecule has 1 atom stereocenters. The van der Waals surface area contributed by atoms with Crippen molar-refractivity contribution in [3.05, 3.63) is 23.8 Å². The van der Waals surface area contributed by atoms with Gasteiger partial charge in [0.05, 0.1) is 20.3 Å². The summed E-state index contributed by atoms with van der Waals surface area (Å²) in [6.07, 6.45) is 0.963. The first-order chi connectivity index (χ1) is 8.74. The van der Waals surface area contributed by atoms with Gasteiger partial charge in [0, 0.05) is 5.56 Å². The molecule has 0 aliphatic carbocycles. The number of rotatable bonds is 8. The second-order valence-corrected chi connectivity index (χ2v) is 4.21. The standard InChI is InChI=1S/C14H23NO3/c1-4-12(10-16)15-9-11-6-7-13(18-5-2)14(8-11)17-3/h6-8,12,15-16H,4-5,9-10H2,1-3H3/p+1/t12-/m0/s1. The summed E-state index contributed by atoms with van der Waals surface area (Å²) in [6.45, 7) is 5.71. The molecule has 0 saturated heterocycles. The van der Waals surface area contributed by atoms with Gasteiger partial charge in [-0.1, -0.05) is 6.92 Å². The first-order valence-electron chi connectivity index (χ1n) is 6.49. The van der Waals surface area contributed by atoms with Crippen LogP contribution in [0, 0.1) is 0 Å². The van der Waals surface area contributed by atoms with E-state index < -0.39 is 0 Å². The number of ether oxygens (including phenoxy) is 2. The van der Waals surface area contributed by atoms with E-state index in [1.54, 1.807) is 7.11 Å². The summed E-state index contributed by atoms with van der Waals surface area (Å²) in [4.78, 5) is 0. The van der Waals surface area contributed by atoms with E-state index in [9.17, 15) is 0 Å². The first kappa shape index (κ1) is 14.8. The van der Waals surface area contributed by atoms with E-state index in [0.29, 0.717) is 6.61 Å². The minimum absolute atomic E-state index is 0.213. The van der Waals surface area contributed by atoms with Crippen LogP contribution < -0.4 is 14.8 Å². The highest BCUT2D eigenvalue weighted by Crippen LogP contribution is 2.27. The Hall–Kier alpha value is -1.26. The van der Waals surface area contributed by atoms with Gasteiger partial charge >= 0.3 is 0 Å². The second kappa shape index (κ2) is 7.95. The van der Waals surface area contributed by atoms with E-state index in [2.05, 4.69) is 12.2 Å². The van der Waals surface area contributed by atoms with Gasteiger partial charge in [0.2, 0.25) is 0 Å². The summed E-state index contributed by atoms with van der Waals surface area (Å²) in [6, 6.07) is 6.23. The molecule has 1 aromatic carbocycles. The summed E-state index contributed by atoms with van der Waals surface area (Å²) in [5, 5.41) is 11.3. The molecule has 3 N–H and O–H groups in total. The van der Waals surface area contributed by atoms with Gasteiger partial charge in [-0.15, -0.1) is 0 Å². The number of aliphatic hydroxyl groups is 1. The zero-order valence-electron chi connectivity index (χ0n) is 11.5. The van der Waals surface area contributed by atoms with Crippen LogP contribution in [0.3, 0.4) is 0 Å². The molecule has 1 rings (SSSR count). The number of aliphatic hydroxyl groups excluding tert-OH is 1. The Morgan fingerprint density at radius 2 is 2.06 bits per heavy atom. The van der Waals surface area contributed by atoms with E-state index in [4.69, 9.17) is 14.6 Å². The molecule has 0 spiro atoms. The maximum atomic E-state index is 9.14. The van der Waals surface area contributed by atoms with Gasteiger partial charge < -0.3 is 19.9 Å². The van der Waals surface area contributed by atoms with E-state index >= 15 is 0 Å². The normalized spacial score (nSPS) is 12.2. The van der Waals surface area contributed by atoms with Crippen LogP contribution in [-0.2, 0) is 6.54 Å². The molecule has 0 amide bonds. The number of benzene rings is 1. The minimum Gasteiger partial charge on any atom is -0.493 e. The molecule has 102 valence electrons. The van der Waals surface area contributed by atoms with Crippen LogP contribution in [0.5, 0.6) is 11.5 Å². The maximum Gasteiger partial charge on any atom is 0.161 e. The minimum atomic E-state index is 0.213. The molecule has 18 heavy (non-hydrogen) atoms. The molecule has 4 heteroatoms. The Bertz CT molecular complexity index is 351. The molecule has 0 bridgehead atoms. The van der Waals surface area contributed by atoms with Crippen molar-refractivity contribution >= 4 is 0 Å². The monoisotopic (exact) mass is 254 g/mol. The topological polar surface area (TPSA) is 55.3 Å². The fourth-order valence-corrected chi connectivity index (χ4v) is 1.79. The van der Waals surface area contributed by atoms with Gasteiger partial charge in [-0.05, 0) is 31.5 Å². The lowest BCUT2D eigenvalue weighted by molar-refractivity contribution is -0.706. The van der Waals surface area contributed by atoms with Crippen molar-refractivity contribution in [1.82, 2.24) is 0 Å². The van der Waals surface area contributed by atoms with Gasteiger partial charge in [0.25, 0.3) is 0 Å². The molecule has 0 aliphatic heterocycles. The SMILES string of the molecule is CCOc1ccc(C[NH2+][C@@H](CC)CO)cc1OC. The average molecular weight is 254 g/mol. The maximum absolute atomic E-state index is 9.14. The molecule has 0 radical (unpaired) electrons. The predicted molar refractivity (Wildman–Crippen MR) is 71.0 cm³/mol. The van der Waals surface area contributed by atoms with E-state index in [1.807, 2.05) is 25.1 Å². The van der Waals surface area contributed by atoms with Crippen LogP contribution in [0.1, 0.15) is 25.8 Å². The lowest BCUT2D eigenvalue weighted by Crippen LogP contribution is -2.89. The van der Waals surface area contributed by atoms with E-state index in [1.165, 1.54) is 5.56 Å². The van der Waals surface area contributed by atoms with Crippen LogP contribution in [0.15, 0.2) is 18.2 Å². The third-order valence-corrected chi connectivity index (χ3v) is 2.97. The highest BCUT2D eigenvalue weighted by atomic mass is 16.5. The van der Waals surface area contributed by atoms with Crippen LogP contribution in [-0.4, -0.2) is 31.5 Å². The van der Waals surface area contributed by atoms with Crippen molar-refractivity contribution < 1.29 is 19.9 Å². The van der Waals surface area contributed by atoms with Crippen LogP contribution >= 0.6 is 0 Å². The quantitative estimate of drug-likeness (QED) is 0.725. The molecule has 4 nitrogen and oxygen atoms in total. The lowest BCUT2D eigenvalue weighted by atomic mass is 10.1. The molecule has 0 aliphatic rings. The van der Waals surface area contributed by atoms with Crippen molar-refractivity contribution in [2.45, 2.75) is 32.9 Å². The summed E-state index contributed by atoms with van der Waals surface area (Å²) < 4.78 is 10.8. The lowest BCUT2D eigenvalue weighted by Gasteiger charge is -2.13. The second-order valence-electron chi connectivity index (χ2n) is 4.21. The van der Waals surface area contributed by atoms with Gasteiger partial charge in [0.15, 0.2) is 11.5 Å². The third kappa shape index (κ3) is 4.20. The van der Waals surface area contributed by atoms with Gasteiger partial charge in [-0.25, -0.2) is 0 Å². The Morgan fingerprint density at radius 1 is 1.28 bits per heavy atom.